The molecule has 0 heterocycles. The van der Waals surface area contributed by atoms with Crippen LogP contribution in [-0.4, -0.2) is 16.0 Å². The van der Waals surface area contributed by atoms with Gasteiger partial charge in [0.05, 0.1) is 10.5 Å². The summed E-state index contributed by atoms with van der Waals surface area (Å²) in [6.45, 7) is 0. The van der Waals surface area contributed by atoms with Crippen LogP contribution in [0.15, 0.2) is 46.9 Å². The number of carbonyl (C=O) groups is 1. The maximum atomic E-state index is 11.2. The van der Waals surface area contributed by atoms with Gasteiger partial charge in [0.15, 0.2) is 0 Å². The molecule has 0 fully saturated rings. The standard InChI is InChI=1S/C13H9BrN2O4/c14-8-3-1-4-9(7-8)15-12-10(13(17)18)5-2-6-11(12)16(19)20/h1-7,15H,(H,17,18). The molecule has 0 aromatic heterocycles. The number of carboxylic acids is 1. The van der Waals surface area contributed by atoms with Crippen molar-refractivity contribution in [2.24, 2.45) is 0 Å². The lowest BCUT2D eigenvalue weighted by Gasteiger charge is -2.10. The third-order valence-electron chi connectivity index (χ3n) is 2.56. The van der Waals surface area contributed by atoms with Crippen LogP contribution in [0.25, 0.3) is 0 Å². The van der Waals surface area contributed by atoms with Crippen molar-refractivity contribution >= 4 is 39.0 Å². The Bertz CT molecular complexity index is 656. The molecule has 102 valence electrons. The normalized spacial score (nSPS) is 10.1. The molecule has 2 aromatic rings. The zero-order chi connectivity index (χ0) is 14.7. The summed E-state index contributed by atoms with van der Waals surface area (Å²) in [5, 5.41) is 22.9. The summed E-state index contributed by atoms with van der Waals surface area (Å²) in [4.78, 5) is 21.6. The van der Waals surface area contributed by atoms with Crippen molar-refractivity contribution in [3.8, 4) is 0 Å². The summed E-state index contributed by atoms with van der Waals surface area (Å²) in [7, 11) is 0. The van der Waals surface area contributed by atoms with Crippen molar-refractivity contribution in [2.45, 2.75) is 0 Å². The Balaban J connectivity index is 2.53. The van der Waals surface area contributed by atoms with Gasteiger partial charge in [-0.1, -0.05) is 28.1 Å². The van der Waals surface area contributed by atoms with Crippen molar-refractivity contribution in [1.82, 2.24) is 0 Å². The highest BCUT2D eigenvalue weighted by Gasteiger charge is 2.21. The zero-order valence-corrected chi connectivity index (χ0v) is 11.6. The summed E-state index contributed by atoms with van der Waals surface area (Å²) in [5.41, 5.74) is 0.0725. The number of nitrogens with zero attached hydrogens (tertiary/aromatic N) is 1. The average molecular weight is 337 g/mol. The highest BCUT2D eigenvalue weighted by atomic mass is 79.9. The van der Waals surface area contributed by atoms with E-state index in [1.54, 1.807) is 24.3 Å². The van der Waals surface area contributed by atoms with Gasteiger partial charge in [0.25, 0.3) is 5.69 Å². The van der Waals surface area contributed by atoms with E-state index < -0.39 is 10.9 Å². The SMILES string of the molecule is O=C(O)c1cccc([N+](=O)[O-])c1Nc1cccc(Br)c1. The van der Waals surface area contributed by atoms with Crippen LogP contribution >= 0.6 is 15.9 Å². The lowest BCUT2D eigenvalue weighted by molar-refractivity contribution is -0.383. The molecule has 0 spiro atoms. The minimum atomic E-state index is -1.23. The molecular formula is C13H9BrN2O4. The third kappa shape index (κ3) is 2.94. The Hall–Kier alpha value is -2.41. The van der Waals surface area contributed by atoms with Crippen LogP contribution in [0.1, 0.15) is 10.4 Å². The number of anilines is 2. The Kier molecular flexibility index (Phi) is 3.99. The van der Waals surface area contributed by atoms with E-state index in [0.717, 1.165) is 4.47 Å². The number of hydrogen-bond acceptors (Lipinski definition) is 4. The van der Waals surface area contributed by atoms with E-state index in [4.69, 9.17) is 5.11 Å². The number of hydrogen-bond donors (Lipinski definition) is 2. The number of nitrogens with one attached hydrogen (secondary N) is 1. The molecule has 0 saturated carbocycles. The van der Waals surface area contributed by atoms with Crippen molar-refractivity contribution in [1.29, 1.82) is 0 Å². The first-order valence-corrected chi connectivity index (χ1v) is 6.31. The second kappa shape index (κ2) is 5.70. The molecule has 7 heteroatoms. The van der Waals surface area contributed by atoms with Crippen LogP contribution in [0, 0.1) is 10.1 Å². The van der Waals surface area contributed by atoms with Gasteiger partial charge in [-0.2, -0.15) is 0 Å². The molecule has 0 unspecified atom stereocenters. The second-order valence-corrected chi connectivity index (χ2v) is 4.81. The van der Waals surface area contributed by atoms with Gasteiger partial charge in [0, 0.05) is 16.2 Å². The fourth-order valence-electron chi connectivity index (χ4n) is 1.71. The molecule has 0 bridgehead atoms. The Morgan fingerprint density at radius 3 is 2.55 bits per heavy atom. The number of carboxylic acid groups (broad SMARTS) is 1. The quantitative estimate of drug-likeness (QED) is 0.654. The van der Waals surface area contributed by atoms with E-state index in [1.807, 2.05) is 0 Å². The van der Waals surface area contributed by atoms with E-state index in [9.17, 15) is 14.9 Å². The first kappa shape index (κ1) is 14.0. The maximum absolute atomic E-state index is 11.2. The van der Waals surface area contributed by atoms with Gasteiger partial charge in [-0.25, -0.2) is 4.79 Å². The van der Waals surface area contributed by atoms with Gasteiger partial charge in [0.2, 0.25) is 0 Å². The van der Waals surface area contributed by atoms with Gasteiger partial charge < -0.3 is 10.4 Å². The summed E-state index contributed by atoms with van der Waals surface area (Å²) < 4.78 is 0.776. The third-order valence-corrected chi connectivity index (χ3v) is 3.06. The molecule has 6 nitrogen and oxygen atoms in total. The largest absolute Gasteiger partial charge is 0.478 e. The molecule has 0 saturated heterocycles. The van der Waals surface area contributed by atoms with Crippen LogP contribution in [0.2, 0.25) is 0 Å². The Morgan fingerprint density at radius 1 is 1.25 bits per heavy atom. The molecule has 0 amide bonds. The minimum absolute atomic E-state index is 0.0388. The van der Waals surface area contributed by atoms with Gasteiger partial charge in [0.1, 0.15) is 5.69 Å². The second-order valence-electron chi connectivity index (χ2n) is 3.90. The molecule has 2 rings (SSSR count). The maximum Gasteiger partial charge on any atom is 0.338 e. The lowest BCUT2D eigenvalue weighted by atomic mass is 10.1. The van der Waals surface area contributed by atoms with E-state index in [2.05, 4.69) is 21.2 Å². The summed E-state index contributed by atoms with van der Waals surface area (Å²) in [6, 6.07) is 10.8. The predicted octanol–water partition coefficient (Wildman–Crippen LogP) is 3.80. The first-order chi connectivity index (χ1) is 9.49. The van der Waals surface area contributed by atoms with Gasteiger partial charge in [-0.15, -0.1) is 0 Å². The van der Waals surface area contributed by atoms with Crippen molar-refractivity contribution in [3.05, 3.63) is 62.6 Å². The molecular weight excluding hydrogens is 328 g/mol. The van der Waals surface area contributed by atoms with Crippen molar-refractivity contribution < 1.29 is 14.8 Å². The van der Waals surface area contributed by atoms with Gasteiger partial charge in [-0.05, 0) is 24.3 Å². The number of benzene rings is 2. The van der Waals surface area contributed by atoms with Gasteiger partial charge in [-0.3, -0.25) is 10.1 Å². The number of nitro benzene ring substituents is 1. The zero-order valence-electron chi connectivity index (χ0n) is 10.0. The van der Waals surface area contributed by atoms with Crippen LogP contribution in [0.5, 0.6) is 0 Å². The summed E-state index contributed by atoms with van der Waals surface area (Å²) >= 11 is 3.28. The van der Waals surface area contributed by atoms with Crippen LogP contribution in [0.4, 0.5) is 17.1 Å². The summed E-state index contributed by atoms with van der Waals surface area (Å²) in [5.74, 6) is -1.23. The predicted molar refractivity (Wildman–Crippen MR) is 77.5 cm³/mol. The molecule has 2 N–H and O–H groups in total. The van der Waals surface area contributed by atoms with Crippen molar-refractivity contribution in [3.63, 3.8) is 0 Å². The minimum Gasteiger partial charge on any atom is -0.478 e. The number of aromatic carboxylic acids is 1. The van der Waals surface area contributed by atoms with E-state index in [-0.39, 0.29) is 16.9 Å². The number of para-hydroxylation sites is 1. The molecule has 0 aliphatic carbocycles. The van der Waals surface area contributed by atoms with Crippen LogP contribution < -0.4 is 5.32 Å². The van der Waals surface area contributed by atoms with Crippen LogP contribution in [-0.2, 0) is 0 Å². The summed E-state index contributed by atoms with van der Waals surface area (Å²) in [6.07, 6.45) is 0. The number of rotatable bonds is 4. The average Bonchev–Trinajstić information content (AvgIpc) is 2.38. The van der Waals surface area contributed by atoms with Crippen molar-refractivity contribution in [2.75, 3.05) is 5.32 Å². The van der Waals surface area contributed by atoms with E-state index in [1.165, 1.54) is 18.2 Å². The number of nitro groups is 1. The fraction of sp³-hybridized carbons (Fsp3) is 0. The molecule has 0 atom stereocenters. The number of halogens is 1. The van der Waals surface area contributed by atoms with E-state index >= 15 is 0 Å². The topological polar surface area (TPSA) is 92.5 Å². The molecule has 0 aliphatic rings. The molecule has 0 aliphatic heterocycles. The van der Waals surface area contributed by atoms with Gasteiger partial charge >= 0.3 is 5.97 Å². The molecule has 20 heavy (non-hydrogen) atoms. The smallest absolute Gasteiger partial charge is 0.338 e. The highest BCUT2D eigenvalue weighted by Crippen LogP contribution is 2.31. The lowest BCUT2D eigenvalue weighted by Crippen LogP contribution is -2.05. The van der Waals surface area contributed by atoms with E-state index in [0.29, 0.717) is 5.69 Å². The Morgan fingerprint density at radius 2 is 1.95 bits per heavy atom. The monoisotopic (exact) mass is 336 g/mol. The fourth-order valence-corrected chi connectivity index (χ4v) is 2.11. The highest BCUT2D eigenvalue weighted by molar-refractivity contribution is 9.10. The molecule has 2 aromatic carbocycles. The molecule has 0 radical (unpaired) electrons. The Labute approximate surface area is 122 Å². The van der Waals surface area contributed by atoms with Crippen LogP contribution in [0.3, 0.4) is 0 Å². The first-order valence-electron chi connectivity index (χ1n) is 5.52.